The molecule has 20 heavy (non-hydrogen) atoms. The molecule has 0 atom stereocenters. The highest BCUT2D eigenvalue weighted by molar-refractivity contribution is 7.11. The third kappa shape index (κ3) is 3.05. The summed E-state index contributed by atoms with van der Waals surface area (Å²) < 4.78 is 5.02. The lowest BCUT2D eigenvalue weighted by atomic mass is 10.1. The van der Waals surface area contributed by atoms with Crippen molar-refractivity contribution in [1.29, 1.82) is 0 Å². The topological polar surface area (TPSA) is 59.4 Å². The monoisotopic (exact) mass is 289 g/mol. The minimum atomic E-state index is -0.566. The third-order valence-corrected chi connectivity index (χ3v) is 3.57. The van der Waals surface area contributed by atoms with Gasteiger partial charge < -0.3 is 9.84 Å². The molecule has 104 valence electrons. The number of hydrogen-bond donors (Lipinski definition) is 1. The summed E-state index contributed by atoms with van der Waals surface area (Å²) in [6.07, 6.45) is 0. The van der Waals surface area contributed by atoms with Gasteiger partial charge >= 0.3 is 5.97 Å². The molecule has 0 unspecified atom stereocenters. The normalized spacial score (nSPS) is 11.9. The molecule has 0 aliphatic carbocycles. The molecule has 1 N–H and O–H groups in total. The highest BCUT2D eigenvalue weighted by atomic mass is 32.1. The van der Waals surface area contributed by atoms with E-state index in [0.717, 1.165) is 5.69 Å². The number of aromatic nitrogens is 1. The molecule has 2 rings (SSSR count). The zero-order valence-corrected chi connectivity index (χ0v) is 12.1. The number of aliphatic hydroxyl groups is 1. The van der Waals surface area contributed by atoms with Crippen molar-refractivity contribution in [2.45, 2.75) is 13.8 Å². The molecule has 1 heterocycles. The van der Waals surface area contributed by atoms with Crippen LogP contribution >= 0.6 is 11.3 Å². The van der Waals surface area contributed by atoms with Crippen molar-refractivity contribution in [1.82, 2.24) is 4.98 Å². The van der Waals surface area contributed by atoms with Crippen LogP contribution in [-0.2, 0) is 9.53 Å². The summed E-state index contributed by atoms with van der Waals surface area (Å²) in [7, 11) is 0. The highest BCUT2D eigenvalue weighted by Gasteiger charge is 2.22. The van der Waals surface area contributed by atoms with Crippen LogP contribution in [0.2, 0.25) is 0 Å². The number of aliphatic hydroxyl groups excluding tert-OH is 1. The first-order chi connectivity index (χ1) is 9.63. The summed E-state index contributed by atoms with van der Waals surface area (Å²) in [6.45, 7) is 3.80. The van der Waals surface area contributed by atoms with Gasteiger partial charge in [0.15, 0.2) is 0 Å². The molecular formula is C15H15NO3S. The Kier molecular flexibility index (Phi) is 4.53. The molecular weight excluding hydrogens is 274 g/mol. The lowest BCUT2D eigenvalue weighted by Gasteiger charge is -2.08. The van der Waals surface area contributed by atoms with Gasteiger partial charge in [0.05, 0.1) is 6.61 Å². The Morgan fingerprint density at radius 2 is 2.05 bits per heavy atom. The van der Waals surface area contributed by atoms with Crippen LogP contribution < -0.4 is 0 Å². The van der Waals surface area contributed by atoms with Gasteiger partial charge in [-0.15, -0.1) is 11.3 Å². The summed E-state index contributed by atoms with van der Waals surface area (Å²) in [5.74, 6) is -0.679. The van der Waals surface area contributed by atoms with E-state index in [1.54, 1.807) is 31.2 Å². The first kappa shape index (κ1) is 14.3. The fourth-order valence-electron chi connectivity index (χ4n) is 1.70. The molecule has 0 aliphatic rings. The maximum atomic E-state index is 12.1. The summed E-state index contributed by atoms with van der Waals surface area (Å²) >= 11 is 1.31. The van der Waals surface area contributed by atoms with Crippen LogP contribution in [0.25, 0.3) is 11.3 Å². The number of aryl methyl sites for hydroxylation is 1. The molecule has 0 amide bonds. The van der Waals surface area contributed by atoms with Crippen molar-refractivity contribution in [3.05, 3.63) is 52.0 Å². The van der Waals surface area contributed by atoms with E-state index >= 15 is 0 Å². The number of hydrogen-bond acceptors (Lipinski definition) is 5. The molecule has 0 radical (unpaired) electrons. The Morgan fingerprint density at radius 3 is 2.60 bits per heavy atom. The van der Waals surface area contributed by atoms with E-state index in [-0.39, 0.29) is 17.9 Å². The lowest BCUT2D eigenvalue weighted by Crippen LogP contribution is -2.09. The molecule has 1 aromatic carbocycles. The van der Waals surface area contributed by atoms with Crippen LogP contribution in [0.3, 0.4) is 0 Å². The van der Waals surface area contributed by atoms with E-state index in [9.17, 15) is 9.90 Å². The van der Waals surface area contributed by atoms with Crippen LogP contribution in [-0.4, -0.2) is 22.7 Å². The zero-order valence-electron chi connectivity index (χ0n) is 11.3. The van der Waals surface area contributed by atoms with Gasteiger partial charge in [-0.25, -0.2) is 9.78 Å². The number of esters is 1. The number of carbonyl (C=O) groups excluding carboxylic acids is 1. The number of benzene rings is 1. The largest absolute Gasteiger partial charge is 0.506 e. The average molecular weight is 289 g/mol. The SMILES string of the molecule is CCOC(=O)C(=C(O)c1ccccc1)c1nc(C)cs1. The predicted octanol–water partition coefficient (Wildman–Crippen LogP) is 3.44. The Labute approximate surface area is 121 Å². The molecule has 0 aliphatic heterocycles. The fraction of sp³-hybridized carbons (Fsp3) is 0.200. The number of thiazole rings is 1. The maximum absolute atomic E-state index is 12.1. The van der Waals surface area contributed by atoms with Crippen LogP contribution in [0.15, 0.2) is 35.7 Å². The van der Waals surface area contributed by atoms with E-state index in [2.05, 4.69) is 4.98 Å². The van der Waals surface area contributed by atoms with Crippen LogP contribution in [0.1, 0.15) is 23.2 Å². The van der Waals surface area contributed by atoms with Crippen molar-refractivity contribution in [2.24, 2.45) is 0 Å². The molecule has 0 bridgehead atoms. The minimum absolute atomic E-state index is 0.108. The van der Waals surface area contributed by atoms with E-state index in [1.807, 2.05) is 18.4 Å². The van der Waals surface area contributed by atoms with E-state index in [0.29, 0.717) is 10.6 Å². The molecule has 0 saturated carbocycles. The van der Waals surface area contributed by atoms with Gasteiger partial charge in [0.25, 0.3) is 0 Å². The van der Waals surface area contributed by atoms with E-state index < -0.39 is 5.97 Å². The first-order valence-corrected chi connectivity index (χ1v) is 7.09. The number of nitrogens with zero attached hydrogens (tertiary/aromatic N) is 1. The van der Waals surface area contributed by atoms with Gasteiger partial charge in [-0.3, -0.25) is 0 Å². The molecule has 0 fully saturated rings. The Balaban J connectivity index is 2.54. The van der Waals surface area contributed by atoms with Gasteiger partial charge in [-0.05, 0) is 13.8 Å². The Bertz CT molecular complexity index is 632. The van der Waals surface area contributed by atoms with Crippen LogP contribution in [0.5, 0.6) is 0 Å². The summed E-state index contributed by atoms with van der Waals surface area (Å²) in [5, 5.41) is 12.7. The third-order valence-electron chi connectivity index (χ3n) is 2.60. The van der Waals surface area contributed by atoms with Crippen LogP contribution in [0, 0.1) is 6.92 Å². The Morgan fingerprint density at radius 1 is 1.35 bits per heavy atom. The highest BCUT2D eigenvalue weighted by Crippen LogP contribution is 2.28. The van der Waals surface area contributed by atoms with Gasteiger partial charge in [0, 0.05) is 16.6 Å². The van der Waals surface area contributed by atoms with Gasteiger partial charge in [0.1, 0.15) is 16.3 Å². The predicted molar refractivity (Wildman–Crippen MR) is 79.4 cm³/mol. The van der Waals surface area contributed by atoms with Crippen LogP contribution in [0.4, 0.5) is 0 Å². The molecule has 5 heteroatoms. The second-order valence-electron chi connectivity index (χ2n) is 4.10. The Hall–Kier alpha value is -2.14. The lowest BCUT2D eigenvalue weighted by molar-refractivity contribution is -0.136. The smallest absolute Gasteiger partial charge is 0.345 e. The van der Waals surface area contributed by atoms with Crippen molar-refractivity contribution >= 4 is 28.6 Å². The van der Waals surface area contributed by atoms with E-state index in [4.69, 9.17) is 4.74 Å². The van der Waals surface area contributed by atoms with Gasteiger partial charge in [-0.1, -0.05) is 30.3 Å². The first-order valence-electron chi connectivity index (χ1n) is 6.21. The van der Waals surface area contributed by atoms with Crippen molar-refractivity contribution in [3.8, 4) is 0 Å². The van der Waals surface area contributed by atoms with Crippen molar-refractivity contribution in [3.63, 3.8) is 0 Å². The summed E-state index contributed by atoms with van der Waals surface area (Å²) in [6, 6.07) is 8.89. The molecule has 0 saturated heterocycles. The standard InChI is InChI=1S/C15H15NO3S/c1-3-19-15(18)12(14-16-10(2)9-20-14)13(17)11-7-5-4-6-8-11/h4-9,17H,3H2,1-2H3. The second-order valence-corrected chi connectivity index (χ2v) is 4.96. The molecule has 4 nitrogen and oxygen atoms in total. The maximum Gasteiger partial charge on any atom is 0.345 e. The minimum Gasteiger partial charge on any atom is -0.506 e. The number of carbonyl (C=O) groups is 1. The van der Waals surface area contributed by atoms with Gasteiger partial charge in [-0.2, -0.15) is 0 Å². The second kappa shape index (κ2) is 6.34. The zero-order chi connectivity index (χ0) is 14.5. The van der Waals surface area contributed by atoms with Crippen molar-refractivity contribution < 1.29 is 14.6 Å². The fourth-order valence-corrected chi connectivity index (χ4v) is 2.53. The molecule has 2 aromatic rings. The molecule has 1 aromatic heterocycles. The van der Waals surface area contributed by atoms with Gasteiger partial charge in [0.2, 0.25) is 0 Å². The number of rotatable bonds is 4. The quantitative estimate of drug-likeness (QED) is 0.532. The van der Waals surface area contributed by atoms with E-state index in [1.165, 1.54) is 11.3 Å². The molecule has 0 spiro atoms. The number of ether oxygens (including phenoxy) is 1. The summed E-state index contributed by atoms with van der Waals surface area (Å²) in [5.41, 5.74) is 1.47. The summed E-state index contributed by atoms with van der Waals surface area (Å²) in [4.78, 5) is 16.4. The average Bonchev–Trinajstić information content (AvgIpc) is 2.86. The van der Waals surface area contributed by atoms with Crippen molar-refractivity contribution in [2.75, 3.05) is 6.61 Å².